The van der Waals surface area contributed by atoms with Gasteiger partial charge in [-0.1, -0.05) is 0 Å². The number of aryl methyl sites for hydroxylation is 2. The highest BCUT2D eigenvalue weighted by Crippen LogP contribution is 2.17. The number of benzene rings is 1. The maximum absolute atomic E-state index is 12.3. The van der Waals surface area contributed by atoms with E-state index in [9.17, 15) is 4.79 Å². The molecule has 0 atom stereocenters. The first-order chi connectivity index (χ1) is 11.9. The third-order valence-electron chi connectivity index (χ3n) is 4.43. The summed E-state index contributed by atoms with van der Waals surface area (Å²) in [6.45, 7) is 5.03. The zero-order valence-corrected chi connectivity index (χ0v) is 15.7. The number of methoxy groups -OCH3 is 1. The molecule has 0 aliphatic rings. The lowest BCUT2D eigenvalue weighted by molar-refractivity contribution is -0.130. The molecule has 1 amide bonds. The third-order valence-corrected chi connectivity index (χ3v) is 4.43. The summed E-state index contributed by atoms with van der Waals surface area (Å²) in [6, 6.07) is 7.41. The van der Waals surface area contributed by atoms with Crippen LogP contribution in [0.4, 0.5) is 0 Å². The normalized spacial score (nSPS) is 10.6. The first-order valence-electron chi connectivity index (χ1n) is 8.42. The van der Waals surface area contributed by atoms with Gasteiger partial charge in [0.25, 0.3) is 0 Å². The summed E-state index contributed by atoms with van der Waals surface area (Å²) in [5.74, 6) is 1.67. The standard InChI is InChI=1S/C19H27N3O3/c1-14-18(15(2)22(4)20-14)10-11-19(23)21(3)12-13-25-17-8-6-16(24-5)7-9-17/h6-9H,10-13H2,1-5H3. The maximum Gasteiger partial charge on any atom is 0.222 e. The second-order valence-corrected chi connectivity index (χ2v) is 6.11. The molecule has 0 spiro atoms. The molecule has 2 rings (SSSR count). The molecule has 0 aliphatic carbocycles. The molecule has 0 unspecified atom stereocenters. The van der Waals surface area contributed by atoms with E-state index in [1.165, 1.54) is 5.56 Å². The molecule has 1 aromatic carbocycles. The van der Waals surface area contributed by atoms with Crippen LogP contribution in [0.25, 0.3) is 0 Å². The van der Waals surface area contributed by atoms with Gasteiger partial charge in [-0.3, -0.25) is 9.48 Å². The second kappa shape index (κ2) is 8.55. The number of rotatable bonds is 8. The molecule has 0 radical (unpaired) electrons. The Balaban J connectivity index is 1.76. The van der Waals surface area contributed by atoms with Crippen molar-refractivity contribution in [3.63, 3.8) is 0 Å². The lowest BCUT2D eigenvalue weighted by atomic mass is 10.1. The topological polar surface area (TPSA) is 56.6 Å². The second-order valence-electron chi connectivity index (χ2n) is 6.11. The molecule has 136 valence electrons. The van der Waals surface area contributed by atoms with Gasteiger partial charge in [-0.15, -0.1) is 0 Å². The van der Waals surface area contributed by atoms with Gasteiger partial charge in [0, 0.05) is 26.2 Å². The summed E-state index contributed by atoms with van der Waals surface area (Å²) in [5.41, 5.74) is 3.29. The molecule has 6 nitrogen and oxygen atoms in total. The number of carbonyl (C=O) groups is 1. The van der Waals surface area contributed by atoms with Crippen LogP contribution in [0.2, 0.25) is 0 Å². The summed E-state index contributed by atoms with van der Waals surface area (Å²) in [5, 5.41) is 4.39. The van der Waals surface area contributed by atoms with Gasteiger partial charge in [0.15, 0.2) is 0 Å². The number of carbonyl (C=O) groups excluding carboxylic acids is 1. The Labute approximate surface area is 149 Å². The lowest BCUT2D eigenvalue weighted by Gasteiger charge is -2.17. The van der Waals surface area contributed by atoms with Crippen LogP contribution in [0.1, 0.15) is 23.4 Å². The van der Waals surface area contributed by atoms with Crippen molar-refractivity contribution in [1.29, 1.82) is 0 Å². The Hall–Kier alpha value is -2.50. The van der Waals surface area contributed by atoms with Crippen LogP contribution >= 0.6 is 0 Å². The van der Waals surface area contributed by atoms with Crippen molar-refractivity contribution < 1.29 is 14.3 Å². The minimum Gasteiger partial charge on any atom is -0.497 e. The fraction of sp³-hybridized carbons (Fsp3) is 0.474. The molecule has 2 aromatic rings. The van der Waals surface area contributed by atoms with Crippen LogP contribution < -0.4 is 9.47 Å². The number of hydrogen-bond donors (Lipinski definition) is 0. The summed E-state index contributed by atoms with van der Waals surface area (Å²) in [6.07, 6.45) is 1.19. The van der Waals surface area contributed by atoms with Gasteiger partial charge in [-0.25, -0.2) is 0 Å². The molecule has 1 heterocycles. The van der Waals surface area contributed by atoms with E-state index in [1.807, 2.05) is 56.9 Å². The zero-order chi connectivity index (χ0) is 18.4. The van der Waals surface area contributed by atoms with E-state index < -0.39 is 0 Å². The molecule has 0 fully saturated rings. The van der Waals surface area contributed by atoms with E-state index in [4.69, 9.17) is 9.47 Å². The van der Waals surface area contributed by atoms with Crippen molar-refractivity contribution >= 4 is 5.91 Å². The van der Waals surface area contributed by atoms with Crippen molar-refractivity contribution in [2.75, 3.05) is 27.3 Å². The van der Waals surface area contributed by atoms with Crippen molar-refractivity contribution in [3.8, 4) is 11.5 Å². The summed E-state index contributed by atoms with van der Waals surface area (Å²) < 4.78 is 12.6. The van der Waals surface area contributed by atoms with E-state index in [-0.39, 0.29) is 5.91 Å². The monoisotopic (exact) mass is 345 g/mol. The average molecular weight is 345 g/mol. The fourth-order valence-corrected chi connectivity index (χ4v) is 2.70. The molecule has 25 heavy (non-hydrogen) atoms. The first kappa shape index (κ1) is 18.8. The number of likely N-dealkylation sites (N-methyl/N-ethyl adjacent to an activating group) is 1. The fourth-order valence-electron chi connectivity index (χ4n) is 2.70. The van der Waals surface area contributed by atoms with Crippen LogP contribution in [0, 0.1) is 13.8 Å². The Morgan fingerprint density at radius 2 is 1.84 bits per heavy atom. The summed E-state index contributed by atoms with van der Waals surface area (Å²) >= 11 is 0. The molecule has 0 N–H and O–H groups in total. The van der Waals surface area contributed by atoms with Gasteiger partial charge >= 0.3 is 0 Å². The van der Waals surface area contributed by atoms with Crippen molar-refractivity contribution in [2.24, 2.45) is 7.05 Å². The van der Waals surface area contributed by atoms with E-state index >= 15 is 0 Å². The maximum atomic E-state index is 12.3. The third kappa shape index (κ3) is 4.98. The number of amides is 1. The number of nitrogens with zero attached hydrogens (tertiary/aromatic N) is 3. The Morgan fingerprint density at radius 1 is 1.20 bits per heavy atom. The highest BCUT2D eigenvalue weighted by molar-refractivity contribution is 5.76. The van der Waals surface area contributed by atoms with Gasteiger partial charge in [-0.2, -0.15) is 5.10 Å². The van der Waals surface area contributed by atoms with Gasteiger partial charge in [0.05, 0.1) is 19.3 Å². The molecular weight excluding hydrogens is 318 g/mol. The average Bonchev–Trinajstić information content (AvgIpc) is 2.85. The summed E-state index contributed by atoms with van der Waals surface area (Å²) in [4.78, 5) is 14.0. The molecule has 0 saturated heterocycles. The number of hydrogen-bond acceptors (Lipinski definition) is 4. The van der Waals surface area contributed by atoms with Gasteiger partial charge in [-0.05, 0) is 50.1 Å². The Kier molecular flexibility index (Phi) is 6.44. The minimum atomic E-state index is 0.112. The first-order valence-corrected chi connectivity index (χ1v) is 8.42. The van der Waals surface area contributed by atoms with E-state index in [2.05, 4.69) is 5.10 Å². The van der Waals surface area contributed by atoms with Crippen LogP contribution in [0.15, 0.2) is 24.3 Å². The SMILES string of the molecule is COc1ccc(OCCN(C)C(=O)CCc2c(C)nn(C)c2C)cc1. The van der Waals surface area contributed by atoms with E-state index in [0.717, 1.165) is 22.9 Å². The summed E-state index contributed by atoms with van der Waals surface area (Å²) in [7, 11) is 5.36. The molecule has 1 aromatic heterocycles. The smallest absolute Gasteiger partial charge is 0.222 e. The van der Waals surface area contributed by atoms with E-state index in [0.29, 0.717) is 26.0 Å². The lowest BCUT2D eigenvalue weighted by Crippen LogP contribution is -2.31. The molecular formula is C19H27N3O3. The number of aromatic nitrogens is 2. The zero-order valence-electron chi connectivity index (χ0n) is 15.7. The number of ether oxygens (including phenoxy) is 2. The largest absolute Gasteiger partial charge is 0.497 e. The van der Waals surface area contributed by atoms with Crippen LogP contribution in [0.3, 0.4) is 0 Å². The van der Waals surface area contributed by atoms with Crippen molar-refractivity contribution in [1.82, 2.24) is 14.7 Å². The molecule has 0 bridgehead atoms. The van der Waals surface area contributed by atoms with Crippen molar-refractivity contribution in [3.05, 3.63) is 41.2 Å². The van der Waals surface area contributed by atoms with Gasteiger partial charge in [0.2, 0.25) is 5.91 Å². The van der Waals surface area contributed by atoms with Crippen LogP contribution in [-0.4, -0.2) is 47.9 Å². The quantitative estimate of drug-likeness (QED) is 0.738. The predicted octanol–water partition coefficient (Wildman–Crippen LogP) is 2.52. The van der Waals surface area contributed by atoms with Gasteiger partial charge < -0.3 is 14.4 Å². The highest BCUT2D eigenvalue weighted by Gasteiger charge is 2.13. The van der Waals surface area contributed by atoms with Gasteiger partial charge in [0.1, 0.15) is 18.1 Å². The van der Waals surface area contributed by atoms with Crippen molar-refractivity contribution in [2.45, 2.75) is 26.7 Å². The molecule has 0 saturated carbocycles. The van der Waals surface area contributed by atoms with Crippen LogP contribution in [0.5, 0.6) is 11.5 Å². The Bertz CT molecular complexity index is 707. The van der Waals surface area contributed by atoms with E-state index in [1.54, 1.807) is 12.0 Å². The predicted molar refractivity (Wildman–Crippen MR) is 97.1 cm³/mol. The Morgan fingerprint density at radius 3 is 2.40 bits per heavy atom. The molecule has 0 aliphatic heterocycles. The van der Waals surface area contributed by atoms with Crippen LogP contribution in [-0.2, 0) is 18.3 Å². The highest BCUT2D eigenvalue weighted by atomic mass is 16.5. The minimum absolute atomic E-state index is 0.112. The molecule has 6 heteroatoms.